The minimum atomic E-state index is -0.843. The second kappa shape index (κ2) is 6.84. The Balaban J connectivity index is 2.03. The molecule has 1 aromatic rings. The van der Waals surface area contributed by atoms with Gasteiger partial charge in [0.2, 0.25) is 0 Å². The standard InChI is InChI=1S/C19H19NO5/c1-4-9-23-19(22)25-17-12(3)20-14-10-24-18(21)16(14)15(17)13-8-6-5-7-11(13)2/h4-8,15,20H,1,9-10H2,2-3H3. The van der Waals surface area contributed by atoms with Gasteiger partial charge in [-0.15, -0.1) is 0 Å². The molecule has 2 aliphatic heterocycles. The maximum absolute atomic E-state index is 12.3. The van der Waals surface area contributed by atoms with Gasteiger partial charge in [0.05, 0.1) is 22.9 Å². The first-order chi connectivity index (χ1) is 12.0. The van der Waals surface area contributed by atoms with Crippen molar-refractivity contribution >= 4 is 12.1 Å². The topological polar surface area (TPSA) is 73.9 Å². The third-order valence-corrected chi connectivity index (χ3v) is 4.16. The molecule has 0 radical (unpaired) electrons. The minimum Gasteiger partial charge on any atom is -0.456 e. The van der Waals surface area contributed by atoms with Crippen molar-refractivity contribution in [3.63, 3.8) is 0 Å². The third-order valence-electron chi connectivity index (χ3n) is 4.16. The zero-order valence-corrected chi connectivity index (χ0v) is 14.1. The predicted molar refractivity (Wildman–Crippen MR) is 90.4 cm³/mol. The average Bonchev–Trinajstić information content (AvgIpc) is 2.95. The van der Waals surface area contributed by atoms with E-state index in [1.165, 1.54) is 6.08 Å². The summed E-state index contributed by atoms with van der Waals surface area (Å²) in [5, 5.41) is 3.10. The van der Waals surface area contributed by atoms with Crippen molar-refractivity contribution in [3.8, 4) is 0 Å². The van der Waals surface area contributed by atoms with Gasteiger partial charge >= 0.3 is 12.1 Å². The number of esters is 1. The quantitative estimate of drug-likeness (QED) is 0.670. The molecule has 0 amide bonds. The number of hydrogen-bond acceptors (Lipinski definition) is 6. The number of ether oxygens (including phenoxy) is 3. The van der Waals surface area contributed by atoms with E-state index in [2.05, 4.69) is 11.9 Å². The molecule has 6 heteroatoms. The Hall–Kier alpha value is -3.02. The molecular weight excluding hydrogens is 322 g/mol. The van der Waals surface area contributed by atoms with E-state index in [1.807, 2.05) is 31.2 Å². The van der Waals surface area contributed by atoms with Gasteiger partial charge in [-0.1, -0.05) is 36.9 Å². The van der Waals surface area contributed by atoms with Crippen LogP contribution < -0.4 is 5.32 Å². The summed E-state index contributed by atoms with van der Waals surface area (Å²) < 4.78 is 15.5. The summed E-state index contributed by atoms with van der Waals surface area (Å²) in [4.78, 5) is 24.3. The van der Waals surface area contributed by atoms with Crippen molar-refractivity contribution in [1.82, 2.24) is 5.32 Å². The summed E-state index contributed by atoms with van der Waals surface area (Å²) in [5.41, 5.74) is 3.66. The van der Waals surface area contributed by atoms with Crippen LogP contribution in [0, 0.1) is 6.92 Å². The van der Waals surface area contributed by atoms with Gasteiger partial charge in [-0.3, -0.25) is 0 Å². The smallest absolute Gasteiger partial charge is 0.456 e. The monoisotopic (exact) mass is 341 g/mol. The average molecular weight is 341 g/mol. The lowest BCUT2D eigenvalue weighted by molar-refractivity contribution is -0.136. The van der Waals surface area contributed by atoms with Crippen LogP contribution in [0.3, 0.4) is 0 Å². The Kier molecular flexibility index (Phi) is 4.61. The number of nitrogens with one attached hydrogen (secondary N) is 1. The van der Waals surface area contributed by atoms with Gasteiger partial charge in [0.25, 0.3) is 0 Å². The van der Waals surface area contributed by atoms with Crippen LogP contribution in [-0.2, 0) is 19.0 Å². The normalized spacial score (nSPS) is 19.1. The molecule has 2 aliphatic rings. The van der Waals surface area contributed by atoms with Crippen LogP contribution in [-0.4, -0.2) is 25.3 Å². The minimum absolute atomic E-state index is 0.0452. The second-order valence-electron chi connectivity index (χ2n) is 5.82. The number of carbonyl (C=O) groups excluding carboxylic acids is 2. The number of rotatable bonds is 4. The van der Waals surface area contributed by atoms with Crippen LogP contribution >= 0.6 is 0 Å². The lowest BCUT2D eigenvalue weighted by Crippen LogP contribution is -2.28. The molecule has 0 fully saturated rings. The van der Waals surface area contributed by atoms with Crippen molar-refractivity contribution in [2.75, 3.05) is 13.2 Å². The summed E-state index contributed by atoms with van der Waals surface area (Å²) in [5.74, 6) is -0.603. The highest BCUT2D eigenvalue weighted by Gasteiger charge is 2.41. The van der Waals surface area contributed by atoms with Gasteiger partial charge in [0, 0.05) is 0 Å². The Morgan fingerprint density at radius 1 is 1.40 bits per heavy atom. The highest BCUT2D eigenvalue weighted by atomic mass is 16.7. The van der Waals surface area contributed by atoms with Gasteiger partial charge in [-0.2, -0.15) is 0 Å². The van der Waals surface area contributed by atoms with Crippen LogP contribution in [0.15, 0.2) is 59.6 Å². The number of cyclic esters (lactones) is 1. The third kappa shape index (κ3) is 3.15. The van der Waals surface area contributed by atoms with Crippen molar-refractivity contribution in [2.24, 2.45) is 0 Å². The lowest BCUT2D eigenvalue weighted by atomic mass is 9.83. The van der Waals surface area contributed by atoms with Crippen molar-refractivity contribution in [1.29, 1.82) is 0 Å². The number of hydrogen-bond donors (Lipinski definition) is 1. The van der Waals surface area contributed by atoms with E-state index >= 15 is 0 Å². The predicted octanol–water partition coefficient (Wildman–Crippen LogP) is 3.06. The number of dihydropyridines is 1. The molecule has 6 nitrogen and oxygen atoms in total. The summed E-state index contributed by atoms with van der Waals surface area (Å²) >= 11 is 0. The molecule has 2 heterocycles. The van der Waals surface area contributed by atoms with Crippen molar-refractivity contribution in [3.05, 3.63) is 70.8 Å². The fourth-order valence-electron chi connectivity index (χ4n) is 3.04. The Bertz CT molecular complexity index is 806. The Morgan fingerprint density at radius 2 is 2.16 bits per heavy atom. The van der Waals surface area contributed by atoms with Crippen molar-refractivity contribution in [2.45, 2.75) is 19.8 Å². The molecule has 1 unspecified atom stereocenters. The highest BCUT2D eigenvalue weighted by Crippen LogP contribution is 2.42. The summed E-state index contributed by atoms with van der Waals surface area (Å²) in [6.07, 6.45) is 0.611. The highest BCUT2D eigenvalue weighted by molar-refractivity contribution is 5.95. The first kappa shape index (κ1) is 16.8. The van der Waals surface area contributed by atoms with Crippen molar-refractivity contribution < 1.29 is 23.8 Å². The van der Waals surface area contributed by atoms with Gasteiger partial charge in [0.15, 0.2) is 0 Å². The van der Waals surface area contributed by atoms with Gasteiger partial charge in [-0.05, 0) is 25.0 Å². The molecule has 25 heavy (non-hydrogen) atoms. The van der Waals surface area contributed by atoms with E-state index < -0.39 is 18.0 Å². The van der Waals surface area contributed by atoms with Gasteiger partial charge in [-0.25, -0.2) is 9.59 Å². The molecule has 1 atom stereocenters. The van der Waals surface area contributed by atoms with E-state index in [0.29, 0.717) is 22.7 Å². The molecule has 1 aromatic carbocycles. The molecule has 1 N–H and O–H groups in total. The number of aryl methyl sites for hydroxylation is 1. The maximum Gasteiger partial charge on any atom is 0.513 e. The molecule has 0 saturated heterocycles. The summed E-state index contributed by atoms with van der Waals surface area (Å²) in [7, 11) is 0. The summed E-state index contributed by atoms with van der Waals surface area (Å²) in [6.45, 7) is 7.46. The molecule has 3 rings (SSSR count). The van der Waals surface area contributed by atoms with Crippen LogP contribution in [0.5, 0.6) is 0 Å². The first-order valence-electron chi connectivity index (χ1n) is 7.92. The number of benzene rings is 1. The molecule has 0 aromatic heterocycles. The molecule has 0 aliphatic carbocycles. The maximum atomic E-state index is 12.3. The van der Waals surface area contributed by atoms with Crippen LogP contribution in [0.1, 0.15) is 24.0 Å². The first-order valence-corrected chi connectivity index (χ1v) is 7.92. The number of carbonyl (C=O) groups is 2. The lowest BCUT2D eigenvalue weighted by Gasteiger charge is -2.28. The molecular formula is C19H19NO5. The van der Waals surface area contributed by atoms with E-state index in [1.54, 1.807) is 6.92 Å². The van der Waals surface area contributed by atoms with Gasteiger partial charge < -0.3 is 19.5 Å². The Labute approximate surface area is 145 Å². The van der Waals surface area contributed by atoms with E-state index in [4.69, 9.17) is 14.2 Å². The van der Waals surface area contributed by atoms with Crippen LogP contribution in [0.4, 0.5) is 4.79 Å². The fraction of sp³-hybridized carbons (Fsp3) is 0.263. The van der Waals surface area contributed by atoms with E-state index in [9.17, 15) is 9.59 Å². The fourth-order valence-corrected chi connectivity index (χ4v) is 3.04. The molecule has 130 valence electrons. The van der Waals surface area contributed by atoms with Gasteiger partial charge in [0.1, 0.15) is 19.0 Å². The molecule has 0 bridgehead atoms. The van der Waals surface area contributed by atoms with Crippen LogP contribution in [0.2, 0.25) is 0 Å². The van der Waals surface area contributed by atoms with E-state index in [-0.39, 0.29) is 13.2 Å². The largest absolute Gasteiger partial charge is 0.513 e. The molecule has 0 saturated carbocycles. The second-order valence-corrected chi connectivity index (χ2v) is 5.82. The zero-order chi connectivity index (χ0) is 18.0. The number of allylic oxidation sites excluding steroid dienone is 2. The Morgan fingerprint density at radius 3 is 2.88 bits per heavy atom. The van der Waals surface area contributed by atoms with E-state index in [0.717, 1.165) is 11.1 Å². The SMILES string of the molecule is C=CCOC(=O)OC1=C(C)NC2=C(C(=O)OC2)C1c1ccccc1C. The van der Waals surface area contributed by atoms with Crippen LogP contribution in [0.25, 0.3) is 0 Å². The summed E-state index contributed by atoms with van der Waals surface area (Å²) in [6, 6.07) is 7.65. The zero-order valence-electron chi connectivity index (χ0n) is 14.1. The molecule has 0 spiro atoms.